The largest absolute Gasteiger partial charge is 0.477 e. The highest BCUT2D eigenvalue weighted by atomic mass is 32.3. The van der Waals surface area contributed by atoms with Crippen LogP contribution in [0.25, 0.3) is 0 Å². The first kappa shape index (κ1) is 87.6. The van der Waals surface area contributed by atoms with Crippen molar-refractivity contribution >= 4 is 46.0 Å². The van der Waals surface area contributed by atoms with Gasteiger partial charge in [-0.1, -0.05) is 0 Å². The van der Waals surface area contributed by atoms with Gasteiger partial charge < -0.3 is 190 Å². The number of carboxylic acid groups (broad SMARTS) is 2. The van der Waals surface area contributed by atoms with Gasteiger partial charge >= 0.3 is 22.3 Å². The van der Waals surface area contributed by atoms with Crippen molar-refractivity contribution in [2.45, 2.75) is 273 Å². The van der Waals surface area contributed by atoms with Gasteiger partial charge in [0.05, 0.1) is 70.0 Å². The van der Waals surface area contributed by atoms with Crippen LogP contribution < -0.4 is 21.3 Å². The molecule has 7 saturated heterocycles. The molecule has 49 heteroatoms. The van der Waals surface area contributed by atoms with Crippen LogP contribution in [-0.4, -0.2) is 421 Å². The zero-order valence-electron chi connectivity index (χ0n) is 56.1. The average Bonchev–Trinajstić information content (AvgIpc) is 0.758. The molecule has 7 rings (SSSR count). The van der Waals surface area contributed by atoms with Crippen LogP contribution in [0.3, 0.4) is 0 Å². The lowest BCUT2D eigenvalue weighted by Gasteiger charge is -2.52. The first-order valence-corrected chi connectivity index (χ1v) is 33.7. The van der Waals surface area contributed by atoms with E-state index in [0.29, 0.717) is 0 Å². The minimum Gasteiger partial charge on any atom is -0.477 e. The quantitative estimate of drug-likeness (QED) is 0.0297. The zero-order chi connectivity index (χ0) is 78.6. The molecule has 0 aromatic rings. The minimum atomic E-state index is -5.64. The minimum absolute atomic E-state index is 0.845. The molecule has 0 aromatic carbocycles. The van der Waals surface area contributed by atoms with Gasteiger partial charge in [-0.15, -0.1) is 0 Å². The molecular weight excluding hydrogens is 1460 g/mol. The van der Waals surface area contributed by atoms with Crippen LogP contribution >= 0.6 is 0 Å². The highest BCUT2D eigenvalue weighted by molar-refractivity contribution is 7.80. The summed E-state index contributed by atoms with van der Waals surface area (Å²) in [6, 6.07) is -7.66. The molecule has 1 unspecified atom stereocenters. The molecule has 0 bridgehead atoms. The number of aliphatic carboxylic acids is 2. The van der Waals surface area contributed by atoms with Gasteiger partial charge in [-0.3, -0.25) is 23.7 Å². The molecule has 0 radical (unpaired) electrons. The van der Waals surface area contributed by atoms with Gasteiger partial charge in [0.25, 0.3) is 11.6 Å². The lowest BCUT2D eigenvalue weighted by atomic mass is 9.88. The van der Waals surface area contributed by atoms with Crippen molar-refractivity contribution in [3.63, 3.8) is 0 Å². The highest BCUT2D eigenvalue weighted by Gasteiger charge is 2.64. The summed E-state index contributed by atoms with van der Waals surface area (Å²) in [5, 5.41) is 240. The molecule has 105 heavy (non-hydrogen) atoms. The Morgan fingerprint density at radius 1 is 0.457 bits per heavy atom. The maximum atomic E-state index is 13.4. The standard InChI is InChI=1S/C56H92N4O44S/c1-14-31(73)37(79)38(80)50(93-14)100-45-30(60-18(5)68)49(97-26(13-92-105(88,89)90)41(45)98-51-39(81)46(34(76)23(10-63)95-51)103-55(53(84)85)6-19(69)27(57-15(2)65)43(101-55)32(74)21(71)8-61)91-12-25-36(78)42(29(48(83)94-25)59-17(4)67)99-52-40(82)47(35(77)24(11-64)96-52)104-56(54(86)87)7-20(70)28(58-16(3)66)44(102-56)33(75)22(72)9-62/h14,19-52,61-64,69-83H,6-13H2,1-5H3,(H,57,65)(H,58,66)(H,59,67)(H,60,68)(H,84,85)(H,86,87)(H,88,89,90)/t14-,19-,20-,21+,22+,23+,24+,25+,26+,27+,28+,29+,30+,31+,32+,33+,34-,35-,36-,37+,38-,39+,40+,41+,42+,43+,44+,45+,46-,47-,48?,49+,50-,51-,52-,55-,56-/m0/s1. The summed E-state index contributed by atoms with van der Waals surface area (Å²) in [6.45, 7) is -2.95. The summed E-state index contributed by atoms with van der Waals surface area (Å²) in [7, 11) is -5.64. The molecule has 26 N–H and O–H groups in total. The molecule has 0 saturated carbocycles. The van der Waals surface area contributed by atoms with Crippen molar-refractivity contribution in [3.8, 4) is 0 Å². The molecule has 0 aliphatic carbocycles. The van der Waals surface area contributed by atoms with E-state index in [4.69, 9.17) is 61.6 Å². The topological polar surface area (TPSA) is 759 Å². The van der Waals surface area contributed by atoms with E-state index in [-0.39, 0.29) is 0 Å². The third kappa shape index (κ3) is 20.1. The second kappa shape index (κ2) is 36.5. The second-order valence-electron chi connectivity index (χ2n) is 25.9. The van der Waals surface area contributed by atoms with E-state index in [2.05, 4.69) is 25.5 Å². The van der Waals surface area contributed by atoms with Gasteiger partial charge in [-0.25, -0.2) is 13.8 Å². The SMILES string of the molecule is CC(=O)N[C@H]1[C@H](OC[C@H]2OC(O)[C@H](NC(C)=O)[C@@H](O[C@@H]3O[C@H](CO)[C@H](O)[C@H](O[C@]4(C(=O)O)C[C@H](O)[C@@H](NC(C)=O)[C@H]([C@H](O)[C@H](O)CO)O4)[C@H]3O)[C@H]2O)O[C@H](COS(=O)(=O)O)[C@@H](O[C@@H]2O[C@H](CO)[C@H](O)[C@H](O[C@]3(C(=O)O)C[C@H](O)[C@@H](NC(C)=O)[C@H]([C@H](O)[C@H](O)CO)O3)[C@H]2O)[C@@H]1O[C@@H]1O[C@@H](C)[C@@H](O)[C@@H](O)[C@@H]1O. The normalized spacial score (nSPS) is 43.8. The van der Waals surface area contributed by atoms with Crippen LogP contribution in [0.1, 0.15) is 47.5 Å². The van der Waals surface area contributed by atoms with E-state index in [1.165, 1.54) is 0 Å². The number of nitrogens with one attached hydrogen (secondary N) is 4. The second-order valence-corrected chi connectivity index (χ2v) is 27.0. The highest BCUT2D eigenvalue weighted by Crippen LogP contribution is 2.42. The number of carbonyl (C=O) groups is 6. The Morgan fingerprint density at radius 3 is 1.26 bits per heavy atom. The molecule has 7 fully saturated rings. The van der Waals surface area contributed by atoms with E-state index in [0.717, 1.165) is 34.6 Å². The lowest BCUT2D eigenvalue weighted by molar-refractivity contribution is -0.392. The van der Waals surface area contributed by atoms with Crippen LogP contribution in [-0.2, 0) is 105 Å². The maximum Gasteiger partial charge on any atom is 0.397 e. The summed E-state index contributed by atoms with van der Waals surface area (Å²) < 4.78 is 115. The first-order chi connectivity index (χ1) is 49.0. The third-order valence-corrected chi connectivity index (χ3v) is 18.7. The predicted molar refractivity (Wildman–Crippen MR) is 322 cm³/mol. The number of ether oxygens (including phenoxy) is 13. The molecule has 7 aliphatic heterocycles. The van der Waals surface area contributed by atoms with E-state index in [9.17, 15) is 149 Å². The number of carboxylic acids is 2. The Balaban J connectivity index is 1.25. The summed E-state index contributed by atoms with van der Waals surface area (Å²) in [5.41, 5.74) is 0. The number of hydrogen-bond acceptors (Lipinski definition) is 41. The number of aliphatic hydroxyl groups excluding tert-OH is 19. The van der Waals surface area contributed by atoms with E-state index >= 15 is 0 Å². The molecule has 0 aromatic heterocycles. The Bertz CT molecular complexity index is 3030. The average molecular weight is 1560 g/mol. The number of carbonyl (C=O) groups excluding carboxylic acids is 4. The molecule has 606 valence electrons. The Hall–Kier alpha value is -4.59. The van der Waals surface area contributed by atoms with Crippen molar-refractivity contribution in [3.05, 3.63) is 0 Å². The van der Waals surface area contributed by atoms with Crippen molar-refractivity contribution in [1.82, 2.24) is 21.3 Å². The molecular formula is C56H92N4O44S. The van der Waals surface area contributed by atoms with E-state index in [1.807, 2.05) is 0 Å². The number of amides is 4. The van der Waals surface area contributed by atoms with Crippen LogP contribution in [0.4, 0.5) is 0 Å². The van der Waals surface area contributed by atoms with Gasteiger partial charge in [0.1, 0.15) is 152 Å². The summed E-state index contributed by atoms with van der Waals surface area (Å²) in [5.74, 6) is -14.9. The van der Waals surface area contributed by atoms with Crippen molar-refractivity contribution < 1.29 is 215 Å². The van der Waals surface area contributed by atoms with Gasteiger partial charge in [-0.05, 0) is 6.92 Å². The fraction of sp³-hybridized carbons (Fsp3) is 0.893. The zero-order valence-corrected chi connectivity index (χ0v) is 56.9. The Morgan fingerprint density at radius 2 is 0.848 bits per heavy atom. The molecule has 48 nitrogen and oxygen atoms in total. The molecule has 4 amide bonds. The van der Waals surface area contributed by atoms with E-state index < -0.39 is 324 Å². The summed E-state index contributed by atoms with van der Waals surface area (Å²) >= 11 is 0. The van der Waals surface area contributed by atoms with Gasteiger partial charge in [0, 0.05) is 40.5 Å². The molecule has 7 aliphatic rings. The molecule has 37 atom stereocenters. The maximum absolute atomic E-state index is 13.4. The lowest BCUT2D eigenvalue weighted by Crippen LogP contribution is -2.72. The number of aliphatic hydroxyl groups is 19. The van der Waals surface area contributed by atoms with Gasteiger partial charge in [0.15, 0.2) is 31.5 Å². The van der Waals surface area contributed by atoms with Gasteiger partial charge in [-0.2, -0.15) is 8.42 Å². The monoisotopic (exact) mass is 1560 g/mol. The molecule has 7 heterocycles. The fourth-order valence-corrected chi connectivity index (χ4v) is 13.3. The van der Waals surface area contributed by atoms with Crippen LogP contribution in [0.2, 0.25) is 0 Å². The smallest absolute Gasteiger partial charge is 0.397 e. The van der Waals surface area contributed by atoms with Crippen molar-refractivity contribution in [1.29, 1.82) is 0 Å². The number of hydrogen-bond donors (Lipinski definition) is 26. The van der Waals surface area contributed by atoms with Crippen molar-refractivity contribution in [2.24, 2.45) is 0 Å². The Kier molecular flexibility index (Phi) is 30.5. The summed E-state index contributed by atoms with van der Waals surface area (Å²) in [6.07, 6.45) is -72.7. The Labute approximate surface area is 593 Å². The van der Waals surface area contributed by atoms with Crippen LogP contribution in [0.15, 0.2) is 0 Å². The van der Waals surface area contributed by atoms with E-state index in [1.54, 1.807) is 0 Å². The summed E-state index contributed by atoms with van der Waals surface area (Å²) in [4.78, 5) is 77.1. The fourth-order valence-electron chi connectivity index (χ4n) is 13.0. The van der Waals surface area contributed by atoms with Crippen molar-refractivity contribution in [2.75, 3.05) is 39.6 Å². The third-order valence-electron chi connectivity index (χ3n) is 18.2. The molecule has 0 spiro atoms. The number of rotatable bonds is 30. The predicted octanol–water partition coefficient (Wildman–Crippen LogP) is -16.4. The van der Waals surface area contributed by atoms with Gasteiger partial charge in [0.2, 0.25) is 23.6 Å². The first-order valence-electron chi connectivity index (χ1n) is 32.4. The van der Waals surface area contributed by atoms with Crippen LogP contribution in [0.5, 0.6) is 0 Å². The van der Waals surface area contributed by atoms with Crippen LogP contribution in [0, 0.1) is 0 Å².